The fraction of sp³-hybridized carbons (Fsp3) is 0.0333. The maximum absolute atomic E-state index is 12.0. The number of aromatic hydroxyl groups is 2. The molecule has 0 fully saturated rings. The molecule has 6 N–H and O–H groups in total. The Labute approximate surface area is 291 Å². The molecule has 0 aromatic heterocycles. The fourth-order valence-corrected chi connectivity index (χ4v) is 5.04. The molecule has 0 aliphatic heterocycles. The van der Waals surface area contributed by atoms with Gasteiger partial charge in [0.2, 0.25) is 5.91 Å². The molecular formula is C30H24CuN6O9S2. The number of carbonyl (C=O) groups is 1. The van der Waals surface area contributed by atoms with Crippen molar-refractivity contribution in [2.45, 2.75) is 16.7 Å². The summed E-state index contributed by atoms with van der Waals surface area (Å²) in [5.74, 6) is -1.03. The minimum absolute atomic E-state index is 0. The van der Waals surface area contributed by atoms with Gasteiger partial charge in [-0.3, -0.25) is 4.79 Å². The quantitative estimate of drug-likeness (QED) is 0.0167. The number of rotatable bonds is 13. The van der Waals surface area contributed by atoms with Gasteiger partial charge in [0.1, 0.15) is 22.8 Å². The van der Waals surface area contributed by atoms with Crippen LogP contribution in [-0.2, 0) is 40.6 Å². The summed E-state index contributed by atoms with van der Waals surface area (Å²) in [5.41, 5.74) is 2.22. The summed E-state index contributed by atoms with van der Waals surface area (Å²) in [6.45, 7) is 1.30. The van der Waals surface area contributed by atoms with Crippen molar-refractivity contribution in [3.63, 3.8) is 0 Å². The Hall–Kier alpha value is -4.59. The normalized spacial score (nSPS) is 11.2. The molecule has 48 heavy (non-hydrogen) atoms. The maximum Gasteiger partial charge on any atom is 0.221 e. The Morgan fingerprint density at radius 1 is 0.750 bits per heavy atom. The SMILES string of the molecule is CC(=O)Nc1cc(N=Nc2c(SOOO)cc3cc(Nc4ccccc4)ccc3c2O)c(O)cc1N=Nc1ccc(SOOO)cc1.[Cu]. The second-order valence-corrected chi connectivity index (χ2v) is 10.9. The van der Waals surface area contributed by atoms with E-state index in [1.807, 2.05) is 30.3 Å². The van der Waals surface area contributed by atoms with E-state index in [0.29, 0.717) is 33.4 Å². The number of para-hydroxylation sites is 1. The predicted molar refractivity (Wildman–Crippen MR) is 174 cm³/mol. The van der Waals surface area contributed by atoms with E-state index in [9.17, 15) is 15.0 Å². The molecule has 5 rings (SSSR count). The summed E-state index contributed by atoms with van der Waals surface area (Å²) in [7, 11) is 0. The molecule has 1 radical (unpaired) electrons. The van der Waals surface area contributed by atoms with Crippen molar-refractivity contribution in [1.29, 1.82) is 0 Å². The van der Waals surface area contributed by atoms with Crippen LogP contribution in [0, 0.1) is 0 Å². The topological polar surface area (TPSA) is 208 Å². The average molecular weight is 740 g/mol. The number of carbonyl (C=O) groups excluding carboxylic acids is 1. The molecule has 0 atom stereocenters. The number of amides is 1. The number of nitrogens with zero attached hydrogens (tertiary/aromatic N) is 4. The van der Waals surface area contributed by atoms with Crippen LogP contribution in [0.4, 0.5) is 39.8 Å². The molecular weight excluding hydrogens is 716 g/mol. The van der Waals surface area contributed by atoms with Gasteiger partial charge in [0.25, 0.3) is 0 Å². The number of nitrogens with one attached hydrogen (secondary N) is 2. The Morgan fingerprint density at radius 2 is 1.46 bits per heavy atom. The molecule has 18 heteroatoms. The number of fused-ring (bicyclic) bond motifs is 1. The van der Waals surface area contributed by atoms with Crippen molar-refractivity contribution in [2.24, 2.45) is 20.5 Å². The molecule has 1 amide bonds. The summed E-state index contributed by atoms with van der Waals surface area (Å²) >= 11 is 1.35. The summed E-state index contributed by atoms with van der Waals surface area (Å²) < 4.78 is 9.01. The molecule has 0 heterocycles. The molecule has 5 aromatic rings. The number of hydrogen-bond donors (Lipinski definition) is 6. The van der Waals surface area contributed by atoms with Crippen molar-refractivity contribution in [3.05, 3.63) is 91.0 Å². The van der Waals surface area contributed by atoms with Gasteiger partial charge in [-0.05, 0) is 72.1 Å². The van der Waals surface area contributed by atoms with Gasteiger partial charge >= 0.3 is 0 Å². The Morgan fingerprint density at radius 3 is 2.17 bits per heavy atom. The first-order valence-corrected chi connectivity index (χ1v) is 14.8. The van der Waals surface area contributed by atoms with Crippen LogP contribution in [0.2, 0.25) is 0 Å². The molecule has 251 valence electrons. The van der Waals surface area contributed by atoms with E-state index in [1.54, 1.807) is 48.5 Å². The van der Waals surface area contributed by atoms with Gasteiger partial charge in [0, 0.05) is 51.7 Å². The van der Waals surface area contributed by atoms with Crippen molar-refractivity contribution >= 4 is 80.6 Å². The predicted octanol–water partition coefficient (Wildman–Crippen LogP) is 9.64. The number of phenolic OH excluding ortho intramolecular Hbond substituents is 2. The van der Waals surface area contributed by atoms with Crippen molar-refractivity contribution in [3.8, 4) is 11.5 Å². The molecule has 15 nitrogen and oxygen atoms in total. The summed E-state index contributed by atoms with van der Waals surface area (Å²) in [5, 5.41) is 69.8. The molecule has 0 spiro atoms. The van der Waals surface area contributed by atoms with Crippen LogP contribution in [-0.4, -0.2) is 26.6 Å². The van der Waals surface area contributed by atoms with E-state index in [2.05, 4.69) is 49.8 Å². The van der Waals surface area contributed by atoms with E-state index >= 15 is 0 Å². The van der Waals surface area contributed by atoms with Gasteiger partial charge in [-0.2, -0.15) is 5.11 Å². The number of benzene rings is 5. The zero-order valence-corrected chi connectivity index (χ0v) is 27.0. The Kier molecular flexibility index (Phi) is 13.2. The van der Waals surface area contributed by atoms with Gasteiger partial charge in [-0.1, -0.05) is 28.3 Å². The van der Waals surface area contributed by atoms with Gasteiger partial charge < -0.3 is 20.8 Å². The number of azo groups is 2. The zero-order chi connectivity index (χ0) is 33.2. The maximum atomic E-state index is 12.0. The largest absolute Gasteiger partial charge is 0.506 e. The summed E-state index contributed by atoms with van der Waals surface area (Å²) in [4.78, 5) is 12.8. The first kappa shape index (κ1) is 36.2. The van der Waals surface area contributed by atoms with Crippen LogP contribution in [0.5, 0.6) is 11.5 Å². The van der Waals surface area contributed by atoms with Crippen molar-refractivity contribution in [2.75, 3.05) is 10.6 Å². The van der Waals surface area contributed by atoms with Crippen LogP contribution in [0.15, 0.2) is 121 Å². The molecule has 0 aliphatic rings. The molecule has 0 saturated heterocycles. The molecule has 5 aromatic carbocycles. The third-order valence-electron chi connectivity index (χ3n) is 6.20. The monoisotopic (exact) mass is 739 g/mol. The van der Waals surface area contributed by atoms with Crippen LogP contribution in [0.25, 0.3) is 10.8 Å². The van der Waals surface area contributed by atoms with Crippen LogP contribution in [0.1, 0.15) is 6.92 Å². The van der Waals surface area contributed by atoms with Crippen molar-refractivity contribution in [1.82, 2.24) is 0 Å². The minimum atomic E-state index is -0.421. The van der Waals surface area contributed by atoms with E-state index in [-0.39, 0.29) is 56.2 Å². The minimum Gasteiger partial charge on any atom is -0.506 e. The Balaban J connectivity index is 0.00000520. The third-order valence-corrected chi connectivity index (χ3v) is 7.41. The zero-order valence-electron chi connectivity index (χ0n) is 24.4. The average Bonchev–Trinajstić information content (AvgIpc) is 3.07. The van der Waals surface area contributed by atoms with Gasteiger partial charge in [0.15, 0.2) is 5.75 Å². The van der Waals surface area contributed by atoms with Gasteiger partial charge in [0.05, 0.1) is 40.4 Å². The Bertz CT molecular complexity index is 1940. The van der Waals surface area contributed by atoms with Crippen LogP contribution >= 0.6 is 24.1 Å². The van der Waals surface area contributed by atoms with Crippen LogP contribution in [0.3, 0.4) is 0 Å². The first-order valence-electron chi connectivity index (χ1n) is 13.3. The van der Waals surface area contributed by atoms with E-state index < -0.39 is 5.91 Å². The number of anilines is 3. The summed E-state index contributed by atoms with van der Waals surface area (Å²) in [6, 6.07) is 25.5. The van der Waals surface area contributed by atoms with Crippen LogP contribution < -0.4 is 10.6 Å². The van der Waals surface area contributed by atoms with E-state index in [4.69, 9.17) is 10.5 Å². The molecule has 0 aliphatic carbocycles. The molecule has 0 saturated carbocycles. The summed E-state index contributed by atoms with van der Waals surface area (Å²) in [6.07, 6.45) is 0. The molecule has 0 bridgehead atoms. The fourth-order valence-electron chi connectivity index (χ4n) is 4.19. The second kappa shape index (κ2) is 17.5. The van der Waals surface area contributed by atoms with E-state index in [1.165, 1.54) is 19.1 Å². The first-order chi connectivity index (χ1) is 22.8. The van der Waals surface area contributed by atoms with Gasteiger partial charge in [-0.15, -0.1) is 24.0 Å². The third kappa shape index (κ3) is 9.49. The standard InChI is InChI=1S/C30H24N6O9S2.Cu/c1-17(37)31-24-15-26(27(38)16-25(24)34-33-20-7-10-22(11-8-20)46-44-42-40)35-36-29-28(47-45-43-41)14-18-13-21(9-12-23(18)30(29)39)32-19-5-3-2-4-6-19;/h2-16,32,38-41H,1H3,(H,31,37);. The van der Waals surface area contributed by atoms with Crippen molar-refractivity contribution < 1.29 is 61.3 Å². The van der Waals surface area contributed by atoms with E-state index in [0.717, 1.165) is 23.4 Å². The second-order valence-electron chi connectivity index (χ2n) is 9.38. The molecule has 0 unspecified atom stereocenters. The number of hydrogen-bond acceptors (Lipinski definition) is 16. The number of phenols is 2. The smallest absolute Gasteiger partial charge is 0.221 e. The van der Waals surface area contributed by atoms with Gasteiger partial charge in [-0.25, -0.2) is 10.5 Å².